The van der Waals surface area contributed by atoms with Gasteiger partial charge >= 0.3 is 0 Å². The summed E-state index contributed by atoms with van der Waals surface area (Å²) in [6.07, 6.45) is 2.56. The van der Waals surface area contributed by atoms with Crippen molar-refractivity contribution in [1.29, 1.82) is 0 Å². The van der Waals surface area contributed by atoms with Gasteiger partial charge in [0.1, 0.15) is 5.75 Å². The number of anilines is 1. The van der Waals surface area contributed by atoms with Crippen LogP contribution in [0.2, 0.25) is 0 Å². The number of benzene rings is 1. The zero-order valence-corrected chi connectivity index (χ0v) is 12.0. The van der Waals surface area contributed by atoms with E-state index in [0.717, 1.165) is 18.0 Å². The largest absolute Gasteiger partial charge is 0.497 e. The molecule has 1 heterocycles. The minimum absolute atomic E-state index is 0.0174. The van der Waals surface area contributed by atoms with Crippen LogP contribution in [0.3, 0.4) is 0 Å². The average Bonchev–Trinajstić information content (AvgIpc) is 2.92. The lowest BCUT2D eigenvalue weighted by Gasteiger charge is -2.10. The molecule has 19 heavy (non-hydrogen) atoms. The SMILES string of the molecule is COc1cccc(NC(=O)CNCC2CCCS2)c1. The first-order chi connectivity index (χ1) is 9.28. The average molecular weight is 280 g/mol. The molecule has 0 radical (unpaired) electrons. The van der Waals surface area contributed by atoms with Crippen LogP contribution in [-0.4, -0.2) is 37.1 Å². The van der Waals surface area contributed by atoms with Gasteiger partial charge in [0.25, 0.3) is 0 Å². The molecule has 1 amide bonds. The molecule has 104 valence electrons. The summed E-state index contributed by atoms with van der Waals surface area (Å²) in [6, 6.07) is 7.38. The van der Waals surface area contributed by atoms with Crippen molar-refractivity contribution >= 4 is 23.4 Å². The van der Waals surface area contributed by atoms with Crippen LogP contribution in [-0.2, 0) is 4.79 Å². The fourth-order valence-electron chi connectivity index (χ4n) is 2.06. The highest BCUT2D eigenvalue weighted by atomic mass is 32.2. The van der Waals surface area contributed by atoms with E-state index < -0.39 is 0 Å². The van der Waals surface area contributed by atoms with Crippen LogP contribution in [0.5, 0.6) is 5.75 Å². The van der Waals surface area contributed by atoms with Crippen molar-refractivity contribution in [2.75, 3.05) is 31.3 Å². The Morgan fingerprint density at radius 1 is 1.53 bits per heavy atom. The Morgan fingerprint density at radius 2 is 2.42 bits per heavy atom. The van der Waals surface area contributed by atoms with Crippen LogP contribution in [0, 0.1) is 0 Å². The molecule has 2 N–H and O–H groups in total. The number of carbonyl (C=O) groups is 1. The summed E-state index contributed by atoms with van der Waals surface area (Å²) >= 11 is 1.99. The van der Waals surface area contributed by atoms with Crippen molar-refractivity contribution < 1.29 is 9.53 Å². The Hall–Kier alpha value is -1.20. The molecule has 0 bridgehead atoms. The van der Waals surface area contributed by atoms with E-state index >= 15 is 0 Å². The van der Waals surface area contributed by atoms with E-state index in [9.17, 15) is 4.79 Å². The first-order valence-electron chi connectivity index (χ1n) is 6.54. The molecule has 1 fully saturated rings. The van der Waals surface area contributed by atoms with Crippen LogP contribution in [0.15, 0.2) is 24.3 Å². The van der Waals surface area contributed by atoms with E-state index in [-0.39, 0.29) is 5.91 Å². The zero-order valence-electron chi connectivity index (χ0n) is 11.1. The van der Waals surface area contributed by atoms with E-state index in [0.29, 0.717) is 11.8 Å². The predicted molar refractivity (Wildman–Crippen MR) is 80.0 cm³/mol. The molecule has 1 aliphatic heterocycles. The molecule has 0 aromatic heterocycles. The van der Waals surface area contributed by atoms with Gasteiger partial charge < -0.3 is 15.4 Å². The molecule has 0 aliphatic carbocycles. The van der Waals surface area contributed by atoms with Gasteiger partial charge in [-0.15, -0.1) is 0 Å². The third kappa shape index (κ3) is 4.76. The van der Waals surface area contributed by atoms with Crippen molar-refractivity contribution in [3.05, 3.63) is 24.3 Å². The molecule has 1 aromatic carbocycles. The van der Waals surface area contributed by atoms with Gasteiger partial charge in [-0.3, -0.25) is 4.79 Å². The number of thioether (sulfide) groups is 1. The number of carbonyl (C=O) groups excluding carboxylic acids is 1. The second kappa shape index (κ2) is 7.40. The molecular formula is C14H20N2O2S. The maximum absolute atomic E-state index is 11.8. The van der Waals surface area contributed by atoms with Crippen molar-refractivity contribution in [2.45, 2.75) is 18.1 Å². The van der Waals surface area contributed by atoms with Gasteiger partial charge in [0.05, 0.1) is 13.7 Å². The summed E-state index contributed by atoms with van der Waals surface area (Å²) < 4.78 is 5.12. The number of rotatable bonds is 6. The van der Waals surface area contributed by atoms with Gasteiger partial charge in [0, 0.05) is 23.5 Å². The molecule has 1 aromatic rings. The lowest BCUT2D eigenvalue weighted by atomic mass is 10.2. The van der Waals surface area contributed by atoms with E-state index in [4.69, 9.17) is 4.74 Å². The fraction of sp³-hybridized carbons (Fsp3) is 0.500. The van der Waals surface area contributed by atoms with Crippen LogP contribution in [0.4, 0.5) is 5.69 Å². The lowest BCUT2D eigenvalue weighted by molar-refractivity contribution is -0.115. The summed E-state index contributed by atoms with van der Waals surface area (Å²) in [5.74, 6) is 1.98. The molecule has 4 nitrogen and oxygen atoms in total. The first kappa shape index (κ1) is 14.2. The van der Waals surface area contributed by atoms with Crippen LogP contribution in [0.25, 0.3) is 0 Å². The fourth-order valence-corrected chi connectivity index (χ4v) is 3.29. The Morgan fingerprint density at radius 3 is 3.16 bits per heavy atom. The molecule has 5 heteroatoms. The lowest BCUT2D eigenvalue weighted by Crippen LogP contribution is -2.32. The standard InChI is InChI=1S/C14H20N2O2S/c1-18-12-5-2-4-11(8-12)16-14(17)10-15-9-13-6-3-7-19-13/h2,4-5,8,13,15H,3,6-7,9-10H2,1H3,(H,16,17). The summed E-state index contributed by atoms with van der Waals surface area (Å²) in [7, 11) is 1.61. The maximum Gasteiger partial charge on any atom is 0.238 e. The van der Waals surface area contributed by atoms with Crippen molar-refractivity contribution in [3.8, 4) is 5.75 Å². The summed E-state index contributed by atoms with van der Waals surface area (Å²) in [4.78, 5) is 11.8. The predicted octanol–water partition coefficient (Wildman–Crippen LogP) is 2.12. The first-order valence-corrected chi connectivity index (χ1v) is 7.59. The molecule has 0 spiro atoms. The number of hydrogen-bond donors (Lipinski definition) is 2. The zero-order chi connectivity index (χ0) is 13.5. The molecular weight excluding hydrogens is 260 g/mol. The van der Waals surface area contributed by atoms with E-state index in [1.165, 1.54) is 18.6 Å². The van der Waals surface area contributed by atoms with Crippen LogP contribution >= 0.6 is 11.8 Å². The van der Waals surface area contributed by atoms with Gasteiger partial charge in [-0.2, -0.15) is 11.8 Å². The molecule has 2 rings (SSSR count). The number of ether oxygens (including phenoxy) is 1. The highest BCUT2D eigenvalue weighted by Gasteiger charge is 2.15. The molecule has 1 aliphatic rings. The van der Waals surface area contributed by atoms with Gasteiger partial charge in [0.15, 0.2) is 0 Å². The Kier molecular flexibility index (Phi) is 5.54. The van der Waals surface area contributed by atoms with Gasteiger partial charge in [-0.25, -0.2) is 0 Å². The second-order valence-corrected chi connectivity index (χ2v) is 5.95. The normalized spacial score (nSPS) is 18.3. The summed E-state index contributed by atoms with van der Waals surface area (Å²) in [6.45, 7) is 1.27. The van der Waals surface area contributed by atoms with Crippen molar-refractivity contribution in [3.63, 3.8) is 0 Å². The van der Waals surface area contributed by atoms with Gasteiger partial charge in [0.2, 0.25) is 5.91 Å². The Bertz CT molecular complexity index is 420. The third-order valence-electron chi connectivity index (χ3n) is 3.04. The van der Waals surface area contributed by atoms with Crippen molar-refractivity contribution in [1.82, 2.24) is 5.32 Å². The molecule has 1 saturated heterocycles. The number of hydrogen-bond acceptors (Lipinski definition) is 4. The minimum Gasteiger partial charge on any atom is -0.497 e. The second-order valence-electron chi connectivity index (χ2n) is 4.55. The maximum atomic E-state index is 11.8. The van der Waals surface area contributed by atoms with Crippen LogP contribution in [0.1, 0.15) is 12.8 Å². The van der Waals surface area contributed by atoms with E-state index in [1.807, 2.05) is 36.0 Å². The summed E-state index contributed by atoms with van der Waals surface area (Å²) in [5, 5.41) is 6.74. The highest BCUT2D eigenvalue weighted by Crippen LogP contribution is 2.25. The number of methoxy groups -OCH3 is 1. The highest BCUT2D eigenvalue weighted by molar-refractivity contribution is 8.00. The van der Waals surface area contributed by atoms with Gasteiger partial charge in [-0.1, -0.05) is 6.07 Å². The van der Waals surface area contributed by atoms with E-state index in [1.54, 1.807) is 7.11 Å². The minimum atomic E-state index is -0.0174. The third-order valence-corrected chi connectivity index (χ3v) is 4.43. The quantitative estimate of drug-likeness (QED) is 0.838. The smallest absolute Gasteiger partial charge is 0.238 e. The van der Waals surface area contributed by atoms with Gasteiger partial charge in [-0.05, 0) is 30.7 Å². The topological polar surface area (TPSA) is 50.4 Å². The number of nitrogens with one attached hydrogen (secondary N) is 2. The molecule has 1 atom stereocenters. The number of amides is 1. The van der Waals surface area contributed by atoms with Crippen LogP contribution < -0.4 is 15.4 Å². The molecule has 0 saturated carbocycles. The van der Waals surface area contributed by atoms with Crippen molar-refractivity contribution in [2.24, 2.45) is 0 Å². The molecule has 1 unspecified atom stereocenters. The van der Waals surface area contributed by atoms with E-state index in [2.05, 4.69) is 10.6 Å². The summed E-state index contributed by atoms with van der Waals surface area (Å²) in [5.41, 5.74) is 0.765. The Labute approximate surface area is 118 Å². The monoisotopic (exact) mass is 280 g/mol. The Balaban J connectivity index is 1.70.